The molecule has 0 aromatic heterocycles. The van der Waals surface area contributed by atoms with Crippen molar-refractivity contribution in [2.45, 2.75) is 18.8 Å². The molecular weight excluding hydrogens is 416 g/mol. The Bertz CT molecular complexity index is 1050. The summed E-state index contributed by atoms with van der Waals surface area (Å²) in [6.07, 6.45) is -11.6. The van der Waals surface area contributed by atoms with Crippen LogP contribution in [0.5, 0.6) is 0 Å². The van der Waals surface area contributed by atoms with Crippen LogP contribution in [-0.2, 0) is 12.4 Å². The molecular formula is C20H9F6NO3. The SMILES string of the molecule is N#Cc1c(C(F)(F)F)cc(C(=O)CC2C(=O)c3ccccc3C2=O)cc1C(F)(F)F. The average molecular weight is 425 g/mol. The molecule has 0 spiro atoms. The Morgan fingerprint density at radius 2 is 1.33 bits per heavy atom. The van der Waals surface area contributed by atoms with Gasteiger partial charge in [0.25, 0.3) is 0 Å². The third kappa shape index (κ3) is 3.58. The van der Waals surface area contributed by atoms with Crippen LogP contribution in [0.4, 0.5) is 26.3 Å². The maximum atomic E-state index is 13.2. The minimum Gasteiger partial charge on any atom is -0.294 e. The third-order valence-electron chi connectivity index (χ3n) is 4.66. The van der Waals surface area contributed by atoms with E-state index in [1.807, 2.05) is 0 Å². The number of Topliss-reactive ketones (excluding diaryl/α,β-unsaturated/α-hetero) is 3. The minimum atomic E-state index is -5.34. The van der Waals surface area contributed by atoms with Crippen LogP contribution in [0.2, 0.25) is 0 Å². The van der Waals surface area contributed by atoms with Gasteiger partial charge in [-0.2, -0.15) is 31.6 Å². The third-order valence-corrected chi connectivity index (χ3v) is 4.66. The number of carbonyl (C=O) groups is 3. The Balaban J connectivity index is 2.04. The number of carbonyl (C=O) groups excluding carboxylic acids is 3. The van der Waals surface area contributed by atoms with Crippen LogP contribution < -0.4 is 0 Å². The first kappa shape index (κ1) is 21.2. The molecule has 2 aromatic carbocycles. The fourth-order valence-corrected chi connectivity index (χ4v) is 3.27. The van der Waals surface area contributed by atoms with Gasteiger partial charge in [0.1, 0.15) is 6.07 Å². The lowest BCUT2D eigenvalue weighted by Gasteiger charge is -2.17. The molecule has 10 heteroatoms. The second kappa shape index (κ2) is 7.09. The zero-order valence-corrected chi connectivity index (χ0v) is 14.7. The van der Waals surface area contributed by atoms with Crippen LogP contribution in [0.15, 0.2) is 36.4 Å². The summed E-state index contributed by atoms with van der Waals surface area (Å²) < 4.78 is 79.3. The lowest BCUT2D eigenvalue weighted by Crippen LogP contribution is -2.21. The predicted molar refractivity (Wildman–Crippen MR) is 88.7 cm³/mol. The quantitative estimate of drug-likeness (QED) is 0.400. The van der Waals surface area contributed by atoms with Crippen molar-refractivity contribution in [1.82, 2.24) is 0 Å². The summed E-state index contributed by atoms with van der Waals surface area (Å²) in [6.45, 7) is 0. The summed E-state index contributed by atoms with van der Waals surface area (Å²) in [4.78, 5) is 37.2. The van der Waals surface area contributed by atoms with E-state index in [4.69, 9.17) is 5.26 Å². The molecule has 0 N–H and O–H groups in total. The van der Waals surface area contributed by atoms with Gasteiger partial charge in [-0.1, -0.05) is 24.3 Å². The molecule has 0 heterocycles. The molecule has 0 fully saturated rings. The molecule has 1 aliphatic carbocycles. The van der Waals surface area contributed by atoms with E-state index < -0.39 is 64.3 Å². The number of fused-ring (bicyclic) bond motifs is 1. The zero-order valence-electron chi connectivity index (χ0n) is 14.7. The van der Waals surface area contributed by atoms with Gasteiger partial charge in [0.2, 0.25) is 0 Å². The maximum absolute atomic E-state index is 13.2. The Morgan fingerprint density at radius 3 is 1.70 bits per heavy atom. The van der Waals surface area contributed by atoms with E-state index in [2.05, 4.69) is 0 Å². The van der Waals surface area contributed by atoms with Crippen LogP contribution in [0.1, 0.15) is 54.2 Å². The van der Waals surface area contributed by atoms with Crippen molar-refractivity contribution in [1.29, 1.82) is 5.26 Å². The molecule has 0 saturated carbocycles. The number of hydrogen-bond donors (Lipinski definition) is 0. The van der Waals surface area contributed by atoms with Crippen molar-refractivity contribution < 1.29 is 40.7 Å². The number of ketones is 3. The molecule has 1 aliphatic rings. The van der Waals surface area contributed by atoms with Crippen LogP contribution in [0, 0.1) is 17.2 Å². The molecule has 0 amide bonds. The molecule has 30 heavy (non-hydrogen) atoms. The van der Waals surface area contributed by atoms with Crippen molar-refractivity contribution in [3.63, 3.8) is 0 Å². The lowest BCUT2D eigenvalue weighted by molar-refractivity contribution is -0.143. The summed E-state index contributed by atoms with van der Waals surface area (Å²) >= 11 is 0. The smallest absolute Gasteiger partial charge is 0.294 e. The van der Waals surface area contributed by atoms with Crippen LogP contribution in [0.25, 0.3) is 0 Å². The van der Waals surface area contributed by atoms with Crippen molar-refractivity contribution in [3.05, 3.63) is 69.8 Å². The fraction of sp³-hybridized carbons (Fsp3) is 0.200. The number of halogens is 6. The standard InChI is InChI=1S/C20H9F6NO3/c21-19(22,23)14-5-9(6-15(13(14)8-27)20(24,25)26)16(28)7-12-17(29)10-3-1-2-4-11(10)18(12)30/h1-6,12H,7H2. The van der Waals surface area contributed by atoms with Gasteiger partial charge in [0.15, 0.2) is 17.3 Å². The topological polar surface area (TPSA) is 75.0 Å². The molecule has 4 nitrogen and oxygen atoms in total. The van der Waals surface area contributed by atoms with E-state index in [0.717, 1.165) is 6.07 Å². The molecule has 0 atom stereocenters. The van der Waals surface area contributed by atoms with Crippen molar-refractivity contribution in [2.75, 3.05) is 0 Å². The first-order valence-corrected chi connectivity index (χ1v) is 8.29. The van der Waals surface area contributed by atoms with E-state index in [0.29, 0.717) is 0 Å². The fourth-order valence-electron chi connectivity index (χ4n) is 3.27. The van der Waals surface area contributed by atoms with Gasteiger partial charge in [0, 0.05) is 23.1 Å². The first-order valence-electron chi connectivity index (χ1n) is 8.29. The molecule has 0 bridgehead atoms. The molecule has 0 unspecified atom stereocenters. The minimum absolute atomic E-state index is 0.0343. The van der Waals surface area contributed by atoms with Gasteiger partial charge in [0.05, 0.1) is 22.6 Å². The second-order valence-corrected chi connectivity index (χ2v) is 6.51. The van der Waals surface area contributed by atoms with Crippen molar-refractivity contribution in [3.8, 4) is 6.07 Å². The molecule has 2 aromatic rings. The Labute approximate surface area is 164 Å². The first-order chi connectivity index (χ1) is 13.9. The highest BCUT2D eigenvalue weighted by Crippen LogP contribution is 2.40. The monoisotopic (exact) mass is 425 g/mol. The second-order valence-electron chi connectivity index (χ2n) is 6.51. The van der Waals surface area contributed by atoms with Crippen LogP contribution in [-0.4, -0.2) is 17.3 Å². The molecule has 0 radical (unpaired) electrons. The lowest BCUT2D eigenvalue weighted by atomic mass is 9.90. The maximum Gasteiger partial charge on any atom is 0.417 e. The molecule has 3 rings (SSSR count). The van der Waals surface area contributed by atoms with E-state index in [1.165, 1.54) is 24.3 Å². The zero-order chi connectivity index (χ0) is 22.4. The largest absolute Gasteiger partial charge is 0.417 e. The van der Waals surface area contributed by atoms with E-state index in [-0.39, 0.29) is 23.3 Å². The highest BCUT2D eigenvalue weighted by Gasteiger charge is 2.43. The summed E-state index contributed by atoms with van der Waals surface area (Å²) in [5.41, 5.74) is -6.43. The Morgan fingerprint density at radius 1 is 0.900 bits per heavy atom. The molecule has 0 aliphatic heterocycles. The van der Waals surface area contributed by atoms with Gasteiger partial charge in [-0.25, -0.2) is 0 Å². The Hall–Kier alpha value is -3.48. The van der Waals surface area contributed by atoms with Crippen molar-refractivity contribution in [2.24, 2.45) is 5.92 Å². The number of nitriles is 1. The van der Waals surface area contributed by atoms with Gasteiger partial charge in [-0.3, -0.25) is 14.4 Å². The highest BCUT2D eigenvalue weighted by atomic mass is 19.4. The summed E-state index contributed by atoms with van der Waals surface area (Å²) in [5.74, 6) is -4.25. The van der Waals surface area contributed by atoms with Crippen LogP contribution in [0.3, 0.4) is 0 Å². The van der Waals surface area contributed by atoms with Gasteiger partial charge in [-0.05, 0) is 12.1 Å². The van der Waals surface area contributed by atoms with Gasteiger partial charge in [-0.15, -0.1) is 0 Å². The van der Waals surface area contributed by atoms with Crippen molar-refractivity contribution >= 4 is 17.3 Å². The molecule has 154 valence electrons. The number of rotatable bonds is 3. The number of hydrogen-bond acceptors (Lipinski definition) is 4. The van der Waals surface area contributed by atoms with E-state index in [9.17, 15) is 40.7 Å². The summed E-state index contributed by atoms with van der Waals surface area (Å²) in [7, 11) is 0. The number of benzene rings is 2. The number of alkyl halides is 6. The van der Waals surface area contributed by atoms with Crippen LogP contribution >= 0.6 is 0 Å². The van der Waals surface area contributed by atoms with E-state index in [1.54, 1.807) is 0 Å². The predicted octanol–water partition coefficient (Wildman–Crippen LogP) is 4.86. The van der Waals surface area contributed by atoms with E-state index >= 15 is 0 Å². The summed E-state index contributed by atoms with van der Waals surface area (Å²) in [6, 6.07) is 6.77. The normalized spacial score (nSPS) is 14.6. The average Bonchev–Trinajstić information content (AvgIpc) is 2.90. The Kier molecular flexibility index (Phi) is 5.02. The highest BCUT2D eigenvalue weighted by molar-refractivity contribution is 6.27. The van der Waals surface area contributed by atoms with Gasteiger partial charge < -0.3 is 0 Å². The number of nitrogens with zero attached hydrogens (tertiary/aromatic N) is 1. The molecule has 0 saturated heterocycles. The summed E-state index contributed by atoms with van der Waals surface area (Å²) in [5, 5.41) is 8.83. The van der Waals surface area contributed by atoms with Gasteiger partial charge >= 0.3 is 12.4 Å².